The normalized spacial score (nSPS) is 27.4. The van der Waals surface area contributed by atoms with Gasteiger partial charge in [-0.1, -0.05) is 13.8 Å². The number of rotatable bonds is 8. The molecule has 6 nitrogen and oxygen atoms in total. The summed E-state index contributed by atoms with van der Waals surface area (Å²) in [6.07, 6.45) is 9.35. The number of carbonyl (C=O) groups excluding carboxylic acids is 1. The Kier molecular flexibility index (Phi) is 6.26. The van der Waals surface area contributed by atoms with E-state index in [0.717, 1.165) is 64.6 Å². The van der Waals surface area contributed by atoms with E-state index < -0.39 is 0 Å². The molecule has 0 unspecified atom stereocenters. The van der Waals surface area contributed by atoms with Crippen LogP contribution < -0.4 is 10.6 Å². The first-order chi connectivity index (χ1) is 13.0. The highest BCUT2D eigenvalue weighted by Gasteiger charge is 2.53. The Hall–Kier alpha value is -1.40. The van der Waals surface area contributed by atoms with Crippen molar-refractivity contribution in [2.45, 2.75) is 76.8 Å². The Bertz CT molecular complexity index is 628. The van der Waals surface area contributed by atoms with Crippen LogP contribution in [-0.4, -0.2) is 53.7 Å². The molecular weight excluding hydrogens is 338 g/mol. The fourth-order valence-corrected chi connectivity index (χ4v) is 5.19. The molecule has 1 aliphatic carbocycles. The molecule has 1 spiro atoms. The van der Waals surface area contributed by atoms with Gasteiger partial charge < -0.3 is 15.5 Å². The third-order valence-corrected chi connectivity index (χ3v) is 7.16. The summed E-state index contributed by atoms with van der Waals surface area (Å²) in [7, 11) is 4.15. The number of likely N-dealkylation sites (N-methyl/N-ethyl adjacent to an activating group) is 2. The molecule has 6 heteroatoms. The second-order valence-corrected chi connectivity index (χ2v) is 8.81. The summed E-state index contributed by atoms with van der Waals surface area (Å²) < 4.78 is 0. The summed E-state index contributed by atoms with van der Waals surface area (Å²) in [5, 5.41) is 14.3. The van der Waals surface area contributed by atoms with E-state index in [2.05, 4.69) is 52.8 Å². The molecule has 1 aliphatic heterocycles. The van der Waals surface area contributed by atoms with Crippen LogP contribution in [0.2, 0.25) is 0 Å². The van der Waals surface area contributed by atoms with Crippen molar-refractivity contribution in [3.8, 4) is 0 Å². The molecule has 0 bridgehead atoms. The van der Waals surface area contributed by atoms with Crippen molar-refractivity contribution in [1.29, 1.82) is 0 Å². The molecule has 1 amide bonds. The summed E-state index contributed by atoms with van der Waals surface area (Å²) in [5.74, 6) is 0.794. The van der Waals surface area contributed by atoms with Crippen LogP contribution in [0.4, 0.5) is 0 Å². The van der Waals surface area contributed by atoms with Crippen molar-refractivity contribution in [3.05, 3.63) is 17.5 Å². The summed E-state index contributed by atoms with van der Waals surface area (Å²) in [6, 6.07) is 0. The number of aromatic nitrogens is 2. The quantitative estimate of drug-likeness (QED) is 0.653. The van der Waals surface area contributed by atoms with E-state index >= 15 is 0 Å². The highest BCUT2D eigenvalue weighted by atomic mass is 16.2. The van der Waals surface area contributed by atoms with Gasteiger partial charge in [0.15, 0.2) is 0 Å². The first-order valence-corrected chi connectivity index (χ1v) is 10.7. The van der Waals surface area contributed by atoms with Gasteiger partial charge in [0, 0.05) is 42.9 Å². The second-order valence-electron chi connectivity index (χ2n) is 8.81. The molecule has 3 N–H and O–H groups in total. The van der Waals surface area contributed by atoms with Gasteiger partial charge in [-0.3, -0.25) is 9.89 Å². The molecule has 2 heterocycles. The number of aromatic amines is 1. The van der Waals surface area contributed by atoms with Crippen molar-refractivity contribution in [1.82, 2.24) is 25.7 Å². The molecule has 0 aromatic carbocycles. The molecule has 27 heavy (non-hydrogen) atoms. The average Bonchev–Trinajstić information content (AvgIpc) is 3.23. The maximum atomic E-state index is 12.7. The first kappa shape index (κ1) is 20.3. The molecule has 1 aromatic rings. The molecule has 0 atom stereocenters. The van der Waals surface area contributed by atoms with Gasteiger partial charge in [0.05, 0.1) is 11.1 Å². The van der Waals surface area contributed by atoms with Crippen LogP contribution in [-0.2, 0) is 11.3 Å². The van der Waals surface area contributed by atoms with Gasteiger partial charge in [-0.2, -0.15) is 5.10 Å². The number of carbonyl (C=O) groups is 1. The lowest BCUT2D eigenvalue weighted by atomic mass is 9.69. The summed E-state index contributed by atoms with van der Waals surface area (Å²) >= 11 is 0. The smallest absolute Gasteiger partial charge is 0.226 e. The van der Waals surface area contributed by atoms with Gasteiger partial charge >= 0.3 is 0 Å². The van der Waals surface area contributed by atoms with Gasteiger partial charge in [-0.15, -0.1) is 0 Å². The highest BCUT2D eigenvalue weighted by Crippen LogP contribution is 2.49. The molecule has 1 saturated carbocycles. The fraction of sp³-hybridized carbons (Fsp3) is 0.810. The summed E-state index contributed by atoms with van der Waals surface area (Å²) in [4.78, 5) is 15.0. The third kappa shape index (κ3) is 4.06. The van der Waals surface area contributed by atoms with Gasteiger partial charge in [-0.05, 0) is 59.0 Å². The summed E-state index contributed by atoms with van der Waals surface area (Å²) in [6.45, 7) is 7.27. The minimum Gasteiger partial charge on any atom is -0.350 e. The second kappa shape index (κ2) is 8.31. The van der Waals surface area contributed by atoms with E-state index in [1.807, 2.05) is 7.05 Å². The number of nitrogens with zero attached hydrogens (tertiary/aromatic N) is 2. The van der Waals surface area contributed by atoms with Crippen molar-refractivity contribution in [2.75, 3.05) is 27.2 Å². The van der Waals surface area contributed by atoms with Crippen LogP contribution in [0, 0.1) is 5.41 Å². The van der Waals surface area contributed by atoms with E-state index in [1.54, 1.807) is 0 Å². The van der Waals surface area contributed by atoms with Crippen LogP contribution in [0.3, 0.4) is 0 Å². The number of nitrogens with one attached hydrogen (secondary N) is 3. The van der Waals surface area contributed by atoms with Crippen LogP contribution >= 0.6 is 0 Å². The molecule has 152 valence electrons. The molecule has 1 aromatic heterocycles. The topological polar surface area (TPSA) is 73.1 Å². The lowest BCUT2D eigenvalue weighted by molar-refractivity contribution is -0.128. The van der Waals surface area contributed by atoms with Crippen LogP contribution in [0.15, 0.2) is 6.20 Å². The largest absolute Gasteiger partial charge is 0.350 e. The molecular formula is C21H37N5O. The first-order valence-electron chi connectivity index (χ1n) is 10.7. The Balaban J connectivity index is 1.62. The Morgan fingerprint density at radius 1 is 1.30 bits per heavy atom. The molecule has 2 aliphatic rings. The van der Waals surface area contributed by atoms with Crippen LogP contribution in [0.25, 0.3) is 0 Å². The van der Waals surface area contributed by atoms with Crippen molar-refractivity contribution < 1.29 is 4.79 Å². The zero-order chi connectivity index (χ0) is 19.5. The minimum absolute atomic E-state index is 0.0274. The molecule has 1 saturated heterocycles. The molecule has 3 rings (SSSR count). The van der Waals surface area contributed by atoms with E-state index in [0.29, 0.717) is 5.92 Å². The minimum atomic E-state index is -0.139. The number of hydrogen-bond donors (Lipinski definition) is 3. The predicted molar refractivity (Wildman–Crippen MR) is 109 cm³/mol. The lowest BCUT2D eigenvalue weighted by Crippen LogP contribution is -2.44. The van der Waals surface area contributed by atoms with E-state index in [1.165, 1.54) is 11.3 Å². The van der Waals surface area contributed by atoms with E-state index in [4.69, 9.17) is 0 Å². The number of H-pyrrole nitrogens is 1. The Labute approximate surface area is 163 Å². The number of hydrogen-bond acceptors (Lipinski definition) is 4. The maximum Gasteiger partial charge on any atom is 0.226 e. The number of amides is 1. The van der Waals surface area contributed by atoms with E-state index in [9.17, 15) is 4.79 Å². The van der Waals surface area contributed by atoms with Gasteiger partial charge in [0.1, 0.15) is 0 Å². The van der Waals surface area contributed by atoms with E-state index in [-0.39, 0.29) is 16.9 Å². The third-order valence-electron chi connectivity index (χ3n) is 7.16. The zero-order valence-corrected chi connectivity index (χ0v) is 17.5. The van der Waals surface area contributed by atoms with Gasteiger partial charge in [-0.25, -0.2) is 0 Å². The van der Waals surface area contributed by atoms with Crippen molar-refractivity contribution >= 4 is 5.91 Å². The Morgan fingerprint density at radius 2 is 2.00 bits per heavy atom. The van der Waals surface area contributed by atoms with Crippen LogP contribution in [0.5, 0.6) is 0 Å². The molecule has 0 radical (unpaired) electrons. The predicted octanol–water partition coefficient (Wildman–Crippen LogP) is 2.78. The Morgan fingerprint density at radius 3 is 2.59 bits per heavy atom. The fourth-order valence-electron chi connectivity index (χ4n) is 5.19. The monoisotopic (exact) mass is 375 g/mol. The highest BCUT2D eigenvalue weighted by molar-refractivity contribution is 5.86. The lowest BCUT2D eigenvalue weighted by Gasteiger charge is -2.38. The van der Waals surface area contributed by atoms with Gasteiger partial charge in [0.25, 0.3) is 0 Å². The van der Waals surface area contributed by atoms with Gasteiger partial charge in [0.2, 0.25) is 5.91 Å². The SMILES string of the molecule is CCC1(CC)C[C@]2(CC[C@H](c3n[nH]cc3CN(C)CCNC)CC2)NC1=O. The maximum absolute atomic E-state index is 12.7. The molecule has 2 fully saturated rings. The zero-order valence-electron chi connectivity index (χ0n) is 17.5. The summed E-state index contributed by atoms with van der Waals surface area (Å²) in [5.41, 5.74) is 2.45. The average molecular weight is 376 g/mol. The van der Waals surface area contributed by atoms with Crippen molar-refractivity contribution in [3.63, 3.8) is 0 Å². The standard InChI is InChI=1S/C21H37N5O/c1-5-20(6-2)15-21(24-19(20)27)9-7-16(8-10-21)18-17(13-23-25-18)14-26(4)12-11-22-3/h13,16,22H,5-12,14-15H2,1-4H3,(H,23,25)(H,24,27)/t16-,21+. The van der Waals surface area contributed by atoms with Crippen molar-refractivity contribution in [2.24, 2.45) is 5.41 Å². The van der Waals surface area contributed by atoms with Crippen LogP contribution in [0.1, 0.15) is 76.0 Å².